The van der Waals surface area contributed by atoms with Gasteiger partial charge in [0.15, 0.2) is 9.84 Å². The lowest BCUT2D eigenvalue weighted by atomic mass is 9.88. The first kappa shape index (κ1) is 27.4. The number of aryl methyl sites for hydroxylation is 2. The molecule has 2 heterocycles. The van der Waals surface area contributed by atoms with Gasteiger partial charge in [0.25, 0.3) is 5.56 Å². The lowest BCUT2D eigenvalue weighted by Crippen LogP contribution is -2.37. The van der Waals surface area contributed by atoms with E-state index in [2.05, 4.69) is 62.1 Å². The van der Waals surface area contributed by atoms with Crippen molar-refractivity contribution in [1.82, 2.24) is 9.47 Å². The largest absolute Gasteiger partial charge is 0.311 e. The summed E-state index contributed by atoms with van der Waals surface area (Å²) in [5, 5.41) is 1.05. The summed E-state index contributed by atoms with van der Waals surface area (Å²) in [7, 11) is -1.51. The summed E-state index contributed by atoms with van der Waals surface area (Å²) in [6, 6.07) is 22.6. The fourth-order valence-corrected chi connectivity index (χ4v) is 6.65. The van der Waals surface area contributed by atoms with Crippen molar-refractivity contribution in [2.45, 2.75) is 56.9 Å². The van der Waals surface area contributed by atoms with Gasteiger partial charge in [-0.25, -0.2) is 8.42 Å². The fourth-order valence-electron chi connectivity index (χ4n) is 6.02. The van der Waals surface area contributed by atoms with Gasteiger partial charge in [-0.3, -0.25) is 4.79 Å². The lowest BCUT2D eigenvalue weighted by Gasteiger charge is -2.34. The van der Waals surface area contributed by atoms with Crippen LogP contribution in [0.5, 0.6) is 0 Å². The van der Waals surface area contributed by atoms with Crippen molar-refractivity contribution in [1.29, 1.82) is 0 Å². The minimum atomic E-state index is -3.31. The number of nitrogens with zero attached hydrogens (tertiary/aromatic N) is 2. The smallest absolute Gasteiger partial charge is 0.258 e. The van der Waals surface area contributed by atoms with Crippen LogP contribution in [0.3, 0.4) is 0 Å². The highest BCUT2D eigenvalue weighted by molar-refractivity contribution is 7.90. The highest BCUT2D eigenvalue weighted by atomic mass is 32.2. The van der Waals surface area contributed by atoms with Crippen LogP contribution in [0.25, 0.3) is 33.2 Å². The normalized spacial score (nSPS) is 15.3. The third-order valence-electron chi connectivity index (χ3n) is 8.40. The second-order valence-corrected chi connectivity index (χ2v) is 13.1. The highest BCUT2D eigenvalue weighted by Crippen LogP contribution is 2.34. The number of likely N-dealkylation sites (tertiary alicyclic amines) is 1. The zero-order valence-electron chi connectivity index (χ0n) is 23.6. The first-order chi connectivity index (χ1) is 18.6. The molecule has 0 saturated carbocycles. The number of fused-ring (bicyclic) bond motifs is 1. The van der Waals surface area contributed by atoms with Crippen molar-refractivity contribution >= 4 is 20.7 Å². The molecular weight excluding hydrogens is 504 g/mol. The summed E-state index contributed by atoms with van der Waals surface area (Å²) in [5.74, 6) is 0.614. The minimum absolute atomic E-state index is 0.0768. The van der Waals surface area contributed by atoms with E-state index in [0.29, 0.717) is 23.9 Å². The molecule has 0 N–H and O–H groups in total. The van der Waals surface area contributed by atoms with Crippen molar-refractivity contribution < 1.29 is 8.42 Å². The molecule has 5 nitrogen and oxygen atoms in total. The van der Waals surface area contributed by atoms with E-state index in [9.17, 15) is 13.2 Å². The molecule has 0 unspecified atom stereocenters. The van der Waals surface area contributed by atoms with E-state index in [1.807, 2.05) is 6.07 Å². The second kappa shape index (κ2) is 10.7. The number of benzene rings is 3. The van der Waals surface area contributed by atoms with Crippen LogP contribution >= 0.6 is 0 Å². The molecule has 1 aliphatic rings. The molecule has 0 radical (unpaired) electrons. The van der Waals surface area contributed by atoms with Gasteiger partial charge in [0.05, 0.1) is 16.0 Å². The maximum atomic E-state index is 13.5. The number of aromatic nitrogens is 1. The van der Waals surface area contributed by atoms with Gasteiger partial charge in [-0.15, -0.1) is 0 Å². The predicted molar refractivity (Wildman–Crippen MR) is 161 cm³/mol. The Labute approximate surface area is 232 Å². The molecule has 1 aromatic heterocycles. The van der Waals surface area contributed by atoms with Gasteiger partial charge in [0.1, 0.15) is 0 Å². The zero-order valence-corrected chi connectivity index (χ0v) is 24.4. The molecule has 6 heteroatoms. The molecular formula is C33H38N2O3S. The quantitative estimate of drug-likeness (QED) is 0.282. The van der Waals surface area contributed by atoms with E-state index in [-0.39, 0.29) is 10.5 Å². The van der Waals surface area contributed by atoms with E-state index < -0.39 is 9.84 Å². The Bertz CT molecular complexity index is 1660. The average Bonchev–Trinajstić information content (AvgIpc) is 2.94. The number of sulfone groups is 1. The Morgan fingerprint density at radius 1 is 0.872 bits per heavy atom. The molecule has 0 bridgehead atoms. The molecule has 5 rings (SSSR count). The van der Waals surface area contributed by atoms with Crippen LogP contribution in [-0.4, -0.2) is 43.3 Å². The summed E-state index contributed by atoms with van der Waals surface area (Å²) >= 11 is 0. The van der Waals surface area contributed by atoms with Crippen LogP contribution in [0.4, 0.5) is 0 Å². The molecule has 0 atom stereocenters. The molecule has 0 amide bonds. The van der Waals surface area contributed by atoms with Crippen molar-refractivity contribution in [3.8, 4) is 22.3 Å². The van der Waals surface area contributed by atoms with Crippen molar-refractivity contribution in [2.75, 3.05) is 19.3 Å². The SMILES string of the molecule is CCc1c(-c2ccc(S(C)(=O)=O)cc2)c(=O)n(C)c2ccc(-c3ccc(C4CCN(C(C)C)CC4)cc3)cc12. The van der Waals surface area contributed by atoms with E-state index in [1.165, 1.54) is 24.7 Å². The summed E-state index contributed by atoms with van der Waals surface area (Å²) in [6.45, 7) is 8.93. The molecule has 4 aromatic rings. The van der Waals surface area contributed by atoms with E-state index >= 15 is 0 Å². The Balaban J connectivity index is 1.52. The lowest BCUT2D eigenvalue weighted by molar-refractivity contribution is 0.172. The maximum absolute atomic E-state index is 13.5. The minimum Gasteiger partial charge on any atom is -0.311 e. The van der Waals surface area contributed by atoms with Gasteiger partial charge >= 0.3 is 0 Å². The monoisotopic (exact) mass is 542 g/mol. The van der Waals surface area contributed by atoms with Crippen LogP contribution in [0, 0.1) is 0 Å². The standard InChI is InChI=1S/C33H38N2O3S/c1-6-29-30-21-27(24-9-7-23(8-10-24)25-17-19-35(20-18-25)22(2)3)13-16-31(30)34(4)33(36)32(29)26-11-14-28(15-12-26)39(5,37)38/h7-16,21-22,25H,6,17-20H2,1-5H3. The fraction of sp³-hybridized carbons (Fsp3) is 0.364. The number of hydrogen-bond acceptors (Lipinski definition) is 4. The van der Waals surface area contributed by atoms with Gasteiger partial charge in [-0.05, 0) is 104 Å². The van der Waals surface area contributed by atoms with E-state index in [1.54, 1.807) is 35.9 Å². The number of hydrogen-bond donors (Lipinski definition) is 0. The molecule has 1 fully saturated rings. The summed E-state index contributed by atoms with van der Waals surface area (Å²) in [5.41, 5.74) is 6.87. The molecule has 39 heavy (non-hydrogen) atoms. The average molecular weight is 543 g/mol. The topological polar surface area (TPSA) is 59.4 Å². The Hall–Kier alpha value is -3.22. The molecule has 1 saturated heterocycles. The Kier molecular flexibility index (Phi) is 7.53. The first-order valence-corrected chi connectivity index (χ1v) is 15.8. The van der Waals surface area contributed by atoms with E-state index in [4.69, 9.17) is 0 Å². The van der Waals surface area contributed by atoms with Crippen LogP contribution in [-0.2, 0) is 23.3 Å². The van der Waals surface area contributed by atoms with Crippen LogP contribution < -0.4 is 5.56 Å². The highest BCUT2D eigenvalue weighted by Gasteiger charge is 2.22. The number of pyridine rings is 1. The van der Waals surface area contributed by atoms with Gasteiger partial charge in [-0.2, -0.15) is 0 Å². The molecule has 0 aliphatic carbocycles. The number of rotatable bonds is 6. The number of piperidine rings is 1. The molecule has 3 aromatic carbocycles. The maximum Gasteiger partial charge on any atom is 0.258 e. The van der Waals surface area contributed by atoms with E-state index in [0.717, 1.165) is 46.2 Å². The van der Waals surface area contributed by atoms with Gasteiger partial charge < -0.3 is 9.47 Å². The van der Waals surface area contributed by atoms with Crippen LogP contribution in [0.2, 0.25) is 0 Å². The summed E-state index contributed by atoms with van der Waals surface area (Å²) in [6.07, 6.45) is 4.29. The second-order valence-electron chi connectivity index (χ2n) is 11.1. The molecule has 1 aliphatic heterocycles. The summed E-state index contributed by atoms with van der Waals surface area (Å²) in [4.78, 5) is 16.3. The van der Waals surface area contributed by atoms with Gasteiger partial charge in [-0.1, -0.05) is 49.4 Å². The van der Waals surface area contributed by atoms with Crippen molar-refractivity contribution in [3.63, 3.8) is 0 Å². The summed E-state index contributed by atoms with van der Waals surface area (Å²) < 4.78 is 25.6. The van der Waals surface area contributed by atoms with Gasteiger partial charge in [0, 0.05) is 24.7 Å². The predicted octanol–water partition coefficient (Wildman–Crippen LogP) is 6.43. The first-order valence-electron chi connectivity index (χ1n) is 13.9. The van der Waals surface area contributed by atoms with Crippen LogP contribution in [0.15, 0.2) is 76.4 Å². The third-order valence-corrected chi connectivity index (χ3v) is 9.53. The van der Waals surface area contributed by atoms with Crippen molar-refractivity contribution in [2.24, 2.45) is 7.05 Å². The molecule has 204 valence electrons. The molecule has 0 spiro atoms. The zero-order chi connectivity index (χ0) is 27.9. The Morgan fingerprint density at radius 2 is 1.46 bits per heavy atom. The van der Waals surface area contributed by atoms with Crippen molar-refractivity contribution in [3.05, 3.63) is 88.2 Å². The third kappa shape index (κ3) is 5.32. The van der Waals surface area contributed by atoms with Crippen LogP contribution in [0.1, 0.15) is 50.7 Å². The Morgan fingerprint density at radius 3 is 2.03 bits per heavy atom. The van der Waals surface area contributed by atoms with Gasteiger partial charge in [0.2, 0.25) is 0 Å².